The second-order valence-corrected chi connectivity index (χ2v) is 4.38. The predicted molar refractivity (Wildman–Crippen MR) is 57.2 cm³/mol. The molecular formula is C10H16N2O5. The zero-order valence-electron chi connectivity index (χ0n) is 9.55. The maximum absolute atomic E-state index is 11.9. The Morgan fingerprint density at radius 1 is 1.41 bits per heavy atom. The lowest BCUT2D eigenvalue weighted by Crippen LogP contribution is -2.55. The average molecular weight is 244 g/mol. The molecule has 0 radical (unpaired) electrons. The summed E-state index contributed by atoms with van der Waals surface area (Å²) in [6, 6.07) is -1.19. The lowest BCUT2D eigenvalue weighted by atomic mass is 9.98. The van der Waals surface area contributed by atoms with Crippen LogP contribution >= 0.6 is 0 Å². The van der Waals surface area contributed by atoms with Crippen molar-refractivity contribution in [3.63, 3.8) is 0 Å². The van der Waals surface area contributed by atoms with Crippen LogP contribution in [0.2, 0.25) is 0 Å². The third-order valence-electron chi connectivity index (χ3n) is 3.08. The molecule has 7 nitrogen and oxygen atoms in total. The fourth-order valence-electron chi connectivity index (χ4n) is 2.01. The summed E-state index contributed by atoms with van der Waals surface area (Å²) in [5.74, 6) is -2.89. The summed E-state index contributed by atoms with van der Waals surface area (Å²) in [6.45, 7) is 1.75. The normalized spacial score (nSPS) is 25.6. The van der Waals surface area contributed by atoms with Crippen LogP contribution in [0.4, 0.5) is 0 Å². The van der Waals surface area contributed by atoms with Gasteiger partial charge >= 0.3 is 11.9 Å². The number of carboxylic acid groups (broad SMARTS) is 2. The Balaban J connectivity index is 2.81. The van der Waals surface area contributed by atoms with Crippen LogP contribution in [0.15, 0.2) is 0 Å². The van der Waals surface area contributed by atoms with Gasteiger partial charge in [0.05, 0.1) is 12.5 Å². The number of rotatable bonds is 4. The summed E-state index contributed by atoms with van der Waals surface area (Å²) in [4.78, 5) is 34.6. The van der Waals surface area contributed by atoms with Crippen LogP contribution in [0.3, 0.4) is 0 Å². The van der Waals surface area contributed by atoms with Gasteiger partial charge in [0.25, 0.3) is 0 Å². The quantitative estimate of drug-likeness (QED) is 0.598. The second kappa shape index (κ2) is 4.70. The number of nitrogens with two attached hydrogens (primary N) is 1. The van der Waals surface area contributed by atoms with Crippen LogP contribution in [-0.2, 0) is 14.4 Å². The molecule has 96 valence electrons. The van der Waals surface area contributed by atoms with E-state index in [-0.39, 0.29) is 0 Å². The summed E-state index contributed by atoms with van der Waals surface area (Å²) >= 11 is 0. The summed E-state index contributed by atoms with van der Waals surface area (Å²) in [7, 11) is 0. The number of aliphatic carboxylic acids is 2. The molecule has 1 aliphatic rings. The number of nitrogens with zero attached hydrogens (tertiary/aromatic N) is 1. The highest BCUT2D eigenvalue weighted by atomic mass is 16.4. The van der Waals surface area contributed by atoms with Crippen molar-refractivity contribution in [2.24, 2.45) is 5.73 Å². The molecule has 2 atom stereocenters. The van der Waals surface area contributed by atoms with E-state index in [2.05, 4.69) is 0 Å². The van der Waals surface area contributed by atoms with Crippen molar-refractivity contribution < 1.29 is 24.6 Å². The number of amides is 1. The first kappa shape index (κ1) is 13.4. The van der Waals surface area contributed by atoms with E-state index < -0.39 is 35.8 Å². The smallest absolute Gasteiger partial charge is 0.329 e. The predicted octanol–water partition coefficient (Wildman–Crippen LogP) is -0.746. The van der Waals surface area contributed by atoms with Gasteiger partial charge in [0.2, 0.25) is 5.91 Å². The van der Waals surface area contributed by atoms with Crippen molar-refractivity contribution in [1.29, 1.82) is 0 Å². The fraction of sp³-hybridized carbons (Fsp3) is 0.700. The maximum atomic E-state index is 11.9. The van der Waals surface area contributed by atoms with E-state index in [4.69, 9.17) is 15.9 Å². The van der Waals surface area contributed by atoms with Crippen molar-refractivity contribution >= 4 is 17.8 Å². The molecule has 7 heteroatoms. The minimum Gasteiger partial charge on any atom is -0.481 e. The van der Waals surface area contributed by atoms with Crippen LogP contribution in [0.25, 0.3) is 0 Å². The highest BCUT2D eigenvalue weighted by Crippen LogP contribution is 2.29. The molecule has 1 aliphatic heterocycles. The van der Waals surface area contributed by atoms with E-state index in [9.17, 15) is 14.4 Å². The average Bonchev–Trinajstić information content (AvgIpc) is 2.59. The zero-order valence-corrected chi connectivity index (χ0v) is 9.55. The molecule has 17 heavy (non-hydrogen) atoms. The lowest BCUT2D eigenvalue weighted by Gasteiger charge is -2.32. The van der Waals surface area contributed by atoms with Gasteiger partial charge in [-0.1, -0.05) is 0 Å². The minimum atomic E-state index is -1.27. The monoisotopic (exact) mass is 244 g/mol. The van der Waals surface area contributed by atoms with Crippen molar-refractivity contribution in [1.82, 2.24) is 4.90 Å². The first-order chi connectivity index (χ1) is 7.79. The highest BCUT2D eigenvalue weighted by Gasteiger charge is 2.47. The lowest BCUT2D eigenvalue weighted by molar-refractivity contribution is -0.156. The number of likely N-dealkylation sites (tertiary alicyclic amines) is 1. The number of hydrogen-bond donors (Lipinski definition) is 3. The molecule has 1 saturated heterocycles. The summed E-state index contributed by atoms with van der Waals surface area (Å²) in [6.07, 6.45) is 0.438. The van der Waals surface area contributed by atoms with Crippen LogP contribution in [-0.4, -0.2) is 51.1 Å². The van der Waals surface area contributed by atoms with E-state index in [1.54, 1.807) is 0 Å². The SMILES string of the molecule is CC1(C(=O)O)CCCN1C(=O)C(N)CC(=O)O. The van der Waals surface area contributed by atoms with Gasteiger partial charge in [-0.3, -0.25) is 9.59 Å². The molecule has 0 aliphatic carbocycles. The zero-order chi connectivity index (χ0) is 13.2. The van der Waals surface area contributed by atoms with Crippen molar-refractivity contribution in [2.75, 3.05) is 6.54 Å². The van der Waals surface area contributed by atoms with Gasteiger partial charge in [-0.05, 0) is 19.8 Å². The third-order valence-corrected chi connectivity index (χ3v) is 3.08. The molecule has 4 N–H and O–H groups in total. The Bertz CT molecular complexity index is 357. The molecule has 1 rings (SSSR count). The van der Waals surface area contributed by atoms with Crippen molar-refractivity contribution in [3.8, 4) is 0 Å². The van der Waals surface area contributed by atoms with E-state index >= 15 is 0 Å². The molecule has 2 unspecified atom stereocenters. The fourth-order valence-corrected chi connectivity index (χ4v) is 2.01. The first-order valence-electron chi connectivity index (χ1n) is 5.31. The van der Waals surface area contributed by atoms with Crippen LogP contribution < -0.4 is 5.73 Å². The van der Waals surface area contributed by atoms with Crippen LogP contribution in [0.5, 0.6) is 0 Å². The van der Waals surface area contributed by atoms with E-state index in [1.807, 2.05) is 0 Å². The Labute approximate surface area is 98.2 Å². The summed E-state index contributed by atoms with van der Waals surface area (Å²) in [5.41, 5.74) is 4.18. The van der Waals surface area contributed by atoms with E-state index in [1.165, 1.54) is 11.8 Å². The Morgan fingerprint density at radius 2 is 2.00 bits per heavy atom. The van der Waals surface area contributed by atoms with Crippen molar-refractivity contribution in [2.45, 2.75) is 37.8 Å². The molecule has 0 aromatic carbocycles. The van der Waals surface area contributed by atoms with Gasteiger partial charge in [-0.2, -0.15) is 0 Å². The molecule has 1 amide bonds. The topological polar surface area (TPSA) is 121 Å². The van der Waals surface area contributed by atoms with Gasteiger partial charge in [-0.15, -0.1) is 0 Å². The van der Waals surface area contributed by atoms with Crippen molar-refractivity contribution in [3.05, 3.63) is 0 Å². The molecule has 0 saturated carbocycles. The highest BCUT2D eigenvalue weighted by molar-refractivity contribution is 5.91. The Hall–Kier alpha value is -1.63. The van der Waals surface area contributed by atoms with Gasteiger partial charge in [0, 0.05) is 6.54 Å². The Morgan fingerprint density at radius 3 is 2.47 bits per heavy atom. The summed E-state index contributed by atoms with van der Waals surface area (Å²) < 4.78 is 0. The molecular weight excluding hydrogens is 228 g/mol. The van der Waals surface area contributed by atoms with Crippen LogP contribution in [0, 0.1) is 0 Å². The maximum Gasteiger partial charge on any atom is 0.329 e. The standard InChI is InChI=1S/C10H16N2O5/c1-10(9(16)17)3-2-4-12(10)8(15)6(11)5-7(13)14/h6H,2-5,11H2,1H3,(H,13,14)(H,16,17). The van der Waals surface area contributed by atoms with Gasteiger partial charge in [-0.25, -0.2) is 4.79 Å². The molecule has 0 aromatic heterocycles. The molecule has 1 heterocycles. The minimum absolute atomic E-state index is 0.301. The number of hydrogen-bond acceptors (Lipinski definition) is 4. The van der Waals surface area contributed by atoms with E-state index in [0.29, 0.717) is 19.4 Å². The largest absolute Gasteiger partial charge is 0.481 e. The number of carboxylic acids is 2. The third kappa shape index (κ3) is 2.55. The second-order valence-electron chi connectivity index (χ2n) is 4.38. The summed E-state index contributed by atoms with van der Waals surface area (Å²) in [5, 5.41) is 17.7. The van der Waals surface area contributed by atoms with Gasteiger partial charge in [0.15, 0.2) is 0 Å². The molecule has 0 aromatic rings. The number of carbonyl (C=O) groups is 3. The number of carbonyl (C=O) groups excluding carboxylic acids is 1. The van der Waals surface area contributed by atoms with Gasteiger partial charge < -0.3 is 20.8 Å². The molecule has 0 bridgehead atoms. The molecule has 1 fully saturated rings. The van der Waals surface area contributed by atoms with Crippen LogP contribution in [0.1, 0.15) is 26.2 Å². The first-order valence-corrected chi connectivity index (χ1v) is 5.31. The van der Waals surface area contributed by atoms with E-state index in [0.717, 1.165) is 0 Å². The Kier molecular flexibility index (Phi) is 3.72. The molecule has 0 spiro atoms. The van der Waals surface area contributed by atoms with Gasteiger partial charge in [0.1, 0.15) is 5.54 Å².